The van der Waals surface area contributed by atoms with E-state index < -0.39 is 0 Å². The Kier molecular flexibility index (Phi) is 5.39. The molecule has 1 aliphatic heterocycles. The van der Waals surface area contributed by atoms with Gasteiger partial charge in [-0.05, 0) is 46.0 Å². The Morgan fingerprint density at radius 3 is 2.81 bits per heavy atom. The number of rotatable bonds is 4. The zero-order valence-electron chi connectivity index (χ0n) is 17.0. The molecule has 1 aromatic rings. The van der Waals surface area contributed by atoms with E-state index >= 15 is 0 Å². The van der Waals surface area contributed by atoms with E-state index in [2.05, 4.69) is 32.6 Å². The summed E-state index contributed by atoms with van der Waals surface area (Å²) in [6.07, 6.45) is 10.2. The van der Waals surface area contributed by atoms with Crippen LogP contribution < -0.4 is 10.6 Å². The molecule has 0 bridgehead atoms. The number of fused-ring (bicyclic) bond motifs is 1. The van der Waals surface area contributed by atoms with Gasteiger partial charge in [0.2, 0.25) is 0 Å². The Balaban J connectivity index is 1.44. The topological polar surface area (TPSA) is 76.4 Å². The zero-order chi connectivity index (χ0) is 18.9. The molecule has 2 saturated carbocycles. The highest BCUT2D eigenvalue weighted by Crippen LogP contribution is 2.53. The van der Waals surface area contributed by atoms with Gasteiger partial charge in [-0.3, -0.25) is 4.99 Å². The Morgan fingerprint density at radius 2 is 2.07 bits per heavy atom. The van der Waals surface area contributed by atoms with E-state index in [1.165, 1.54) is 32.1 Å². The summed E-state index contributed by atoms with van der Waals surface area (Å²) in [4.78, 5) is 9.17. The first-order chi connectivity index (χ1) is 13.2. The molecule has 0 saturated heterocycles. The number of nitrogens with zero attached hydrogens (tertiary/aromatic N) is 4. The molecule has 7 nitrogen and oxygen atoms in total. The molecule has 27 heavy (non-hydrogen) atoms. The van der Waals surface area contributed by atoms with Crippen LogP contribution in [0.4, 0.5) is 0 Å². The Bertz CT molecular complexity index is 678. The van der Waals surface area contributed by atoms with Gasteiger partial charge in [-0.2, -0.15) is 5.10 Å². The normalized spacial score (nSPS) is 29.9. The lowest BCUT2D eigenvalue weighted by Crippen LogP contribution is -2.66. The Labute approximate surface area is 162 Å². The molecule has 0 aromatic carbocycles. The third-order valence-corrected chi connectivity index (χ3v) is 6.76. The molecule has 150 valence electrons. The Morgan fingerprint density at radius 1 is 1.26 bits per heavy atom. The monoisotopic (exact) mass is 374 g/mol. The van der Waals surface area contributed by atoms with Gasteiger partial charge >= 0.3 is 0 Å². The standard InChI is InChI=1S/C20H34N6O/c1-4-27-17-13-16(20(17)10-6-5-7-11-20)24-19(21-3)23-15-9-8-12-26-18(15)22-14(2)25-26/h15-17H,4-13H2,1-3H3,(H2,21,23,24). The number of hydrogen-bond acceptors (Lipinski definition) is 4. The maximum atomic E-state index is 6.09. The molecule has 3 aliphatic rings. The van der Waals surface area contributed by atoms with Gasteiger partial charge in [0.15, 0.2) is 5.96 Å². The van der Waals surface area contributed by atoms with Crippen molar-refractivity contribution in [1.82, 2.24) is 25.4 Å². The number of aliphatic imine (C=N–C) groups is 1. The van der Waals surface area contributed by atoms with Crippen LogP contribution in [-0.2, 0) is 11.3 Å². The first-order valence-electron chi connectivity index (χ1n) is 10.7. The molecule has 4 rings (SSSR count). The summed E-state index contributed by atoms with van der Waals surface area (Å²) in [6, 6.07) is 0.625. The van der Waals surface area contributed by atoms with Crippen molar-refractivity contribution in [2.24, 2.45) is 10.4 Å². The summed E-state index contributed by atoms with van der Waals surface area (Å²) >= 11 is 0. The molecular formula is C20H34N6O. The summed E-state index contributed by atoms with van der Waals surface area (Å²) in [7, 11) is 1.86. The number of guanidine groups is 1. The van der Waals surface area contributed by atoms with E-state index in [4.69, 9.17) is 4.74 Å². The summed E-state index contributed by atoms with van der Waals surface area (Å²) in [5.41, 5.74) is 0.287. The van der Waals surface area contributed by atoms with E-state index in [9.17, 15) is 0 Å². The fourth-order valence-electron chi connectivity index (χ4n) is 5.37. The highest BCUT2D eigenvalue weighted by atomic mass is 16.5. The van der Waals surface area contributed by atoms with Crippen LogP contribution in [0.5, 0.6) is 0 Å². The lowest BCUT2D eigenvalue weighted by molar-refractivity contribution is -0.145. The van der Waals surface area contributed by atoms with Crippen molar-refractivity contribution in [2.75, 3.05) is 13.7 Å². The molecular weight excluding hydrogens is 340 g/mol. The van der Waals surface area contributed by atoms with Crippen LogP contribution in [-0.4, -0.2) is 46.5 Å². The van der Waals surface area contributed by atoms with E-state index in [0.29, 0.717) is 12.1 Å². The molecule has 7 heteroatoms. The SMILES string of the molecule is CCOC1CC(NC(=NC)NC2CCCn3nc(C)nc32)C12CCCCC2. The highest BCUT2D eigenvalue weighted by Gasteiger charge is 2.56. The summed E-state index contributed by atoms with van der Waals surface area (Å²) < 4.78 is 8.14. The smallest absolute Gasteiger partial charge is 0.191 e. The quantitative estimate of drug-likeness (QED) is 0.626. The zero-order valence-corrected chi connectivity index (χ0v) is 17.0. The number of ether oxygens (including phenoxy) is 1. The van der Waals surface area contributed by atoms with Gasteiger partial charge in [0.1, 0.15) is 11.6 Å². The van der Waals surface area contributed by atoms with E-state index in [0.717, 1.165) is 50.0 Å². The fraction of sp³-hybridized carbons (Fsp3) is 0.850. The van der Waals surface area contributed by atoms with Gasteiger partial charge < -0.3 is 15.4 Å². The van der Waals surface area contributed by atoms with Crippen molar-refractivity contribution in [3.8, 4) is 0 Å². The van der Waals surface area contributed by atoms with Crippen molar-refractivity contribution in [3.63, 3.8) is 0 Å². The lowest BCUT2D eigenvalue weighted by Gasteiger charge is -2.58. The van der Waals surface area contributed by atoms with Crippen LogP contribution in [0.25, 0.3) is 0 Å². The van der Waals surface area contributed by atoms with Crippen LogP contribution in [0.3, 0.4) is 0 Å². The molecule has 0 radical (unpaired) electrons. The summed E-state index contributed by atoms with van der Waals surface area (Å²) in [5.74, 6) is 2.77. The van der Waals surface area contributed by atoms with Crippen LogP contribution in [0.1, 0.15) is 76.0 Å². The van der Waals surface area contributed by atoms with Crippen molar-refractivity contribution < 1.29 is 4.74 Å². The molecule has 2 heterocycles. The lowest BCUT2D eigenvalue weighted by atomic mass is 9.55. The largest absolute Gasteiger partial charge is 0.378 e. The minimum absolute atomic E-state index is 0.177. The van der Waals surface area contributed by atoms with Crippen molar-refractivity contribution in [2.45, 2.75) is 89.9 Å². The molecule has 2 fully saturated rings. The molecule has 3 unspecified atom stereocenters. The first-order valence-corrected chi connectivity index (χ1v) is 10.7. The van der Waals surface area contributed by atoms with Crippen molar-refractivity contribution in [3.05, 3.63) is 11.6 Å². The minimum atomic E-state index is 0.177. The van der Waals surface area contributed by atoms with E-state index in [-0.39, 0.29) is 11.5 Å². The second kappa shape index (κ2) is 7.78. The van der Waals surface area contributed by atoms with Crippen LogP contribution in [0.15, 0.2) is 4.99 Å². The number of hydrogen-bond donors (Lipinski definition) is 2. The van der Waals surface area contributed by atoms with Crippen LogP contribution >= 0.6 is 0 Å². The van der Waals surface area contributed by atoms with Crippen LogP contribution in [0.2, 0.25) is 0 Å². The van der Waals surface area contributed by atoms with Gasteiger partial charge in [0.05, 0.1) is 12.1 Å². The van der Waals surface area contributed by atoms with Gasteiger partial charge in [0, 0.05) is 31.7 Å². The van der Waals surface area contributed by atoms with Gasteiger partial charge in [-0.15, -0.1) is 0 Å². The van der Waals surface area contributed by atoms with Crippen LogP contribution in [0, 0.1) is 12.3 Å². The van der Waals surface area contributed by atoms with E-state index in [1.54, 1.807) is 0 Å². The third-order valence-electron chi connectivity index (χ3n) is 6.76. The fourth-order valence-corrected chi connectivity index (χ4v) is 5.37. The highest BCUT2D eigenvalue weighted by molar-refractivity contribution is 5.80. The maximum absolute atomic E-state index is 6.09. The summed E-state index contributed by atoms with van der Waals surface area (Å²) in [6.45, 7) is 5.84. The predicted octanol–water partition coefficient (Wildman–Crippen LogP) is 2.71. The molecule has 2 aliphatic carbocycles. The molecule has 2 N–H and O–H groups in total. The van der Waals surface area contributed by atoms with E-state index in [1.807, 2.05) is 18.7 Å². The molecule has 3 atom stereocenters. The third kappa shape index (κ3) is 3.46. The minimum Gasteiger partial charge on any atom is -0.378 e. The predicted molar refractivity (Wildman–Crippen MR) is 106 cm³/mol. The number of nitrogens with one attached hydrogen (secondary N) is 2. The molecule has 1 spiro atoms. The maximum Gasteiger partial charge on any atom is 0.191 e. The average molecular weight is 375 g/mol. The Hall–Kier alpha value is -1.63. The van der Waals surface area contributed by atoms with Gasteiger partial charge in [-0.1, -0.05) is 19.3 Å². The molecule has 1 aromatic heterocycles. The number of aromatic nitrogens is 3. The van der Waals surface area contributed by atoms with Gasteiger partial charge in [-0.25, -0.2) is 9.67 Å². The first kappa shape index (κ1) is 18.7. The second-order valence-electron chi connectivity index (χ2n) is 8.32. The van der Waals surface area contributed by atoms with Crippen molar-refractivity contribution in [1.29, 1.82) is 0 Å². The van der Waals surface area contributed by atoms with Crippen molar-refractivity contribution >= 4 is 5.96 Å². The average Bonchev–Trinajstić information content (AvgIpc) is 3.08. The summed E-state index contributed by atoms with van der Waals surface area (Å²) in [5, 5.41) is 11.9. The molecule has 0 amide bonds. The second-order valence-corrected chi connectivity index (χ2v) is 8.32. The number of aryl methyl sites for hydroxylation is 2. The van der Waals surface area contributed by atoms with Gasteiger partial charge in [0.25, 0.3) is 0 Å².